The highest BCUT2D eigenvalue weighted by atomic mass is 79.9. The molecule has 0 atom stereocenters. The van der Waals surface area contributed by atoms with E-state index in [0.29, 0.717) is 25.1 Å². The van der Waals surface area contributed by atoms with Gasteiger partial charge in [0.25, 0.3) is 0 Å². The molecule has 1 rings (SSSR count). The molecule has 0 spiro atoms. The van der Waals surface area contributed by atoms with E-state index in [9.17, 15) is 13.2 Å². The van der Waals surface area contributed by atoms with E-state index in [4.69, 9.17) is 5.11 Å². The summed E-state index contributed by atoms with van der Waals surface area (Å²) in [4.78, 5) is 0. The number of alkyl halides is 3. The highest BCUT2D eigenvalue weighted by Crippen LogP contribution is 2.35. The van der Waals surface area contributed by atoms with Gasteiger partial charge in [-0.2, -0.15) is 13.2 Å². The lowest BCUT2D eigenvalue weighted by Crippen LogP contribution is -2.16. The Balaban J connectivity index is 2.69. The Kier molecular flexibility index (Phi) is 5.42. The molecule has 96 valence electrons. The standard InChI is InChI=1S/C11H13BrF3NO/c12-10-3-2-8(7-16-4-1-5-17)6-9(10)11(13,14)15/h2-3,6,16-17H,1,4-5,7H2. The Morgan fingerprint density at radius 1 is 1.29 bits per heavy atom. The van der Waals surface area contributed by atoms with E-state index in [-0.39, 0.29) is 11.1 Å². The molecule has 2 N–H and O–H groups in total. The lowest BCUT2D eigenvalue weighted by molar-refractivity contribution is -0.138. The third-order valence-electron chi connectivity index (χ3n) is 2.18. The summed E-state index contributed by atoms with van der Waals surface area (Å²) in [5.74, 6) is 0. The lowest BCUT2D eigenvalue weighted by atomic mass is 10.1. The van der Waals surface area contributed by atoms with Crippen LogP contribution in [0, 0.1) is 0 Å². The van der Waals surface area contributed by atoms with Gasteiger partial charge in [-0.25, -0.2) is 0 Å². The normalized spacial score (nSPS) is 11.8. The van der Waals surface area contributed by atoms with Crippen LogP contribution in [0.1, 0.15) is 17.5 Å². The maximum atomic E-state index is 12.6. The van der Waals surface area contributed by atoms with Gasteiger partial charge < -0.3 is 10.4 Å². The van der Waals surface area contributed by atoms with Gasteiger partial charge in [0.1, 0.15) is 0 Å². The molecule has 0 aliphatic rings. The van der Waals surface area contributed by atoms with Gasteiger partial charge in [-0.3, -0.25) is 0 Å². The van der Waals surface area contributed by atoms with Crippen molar-refractivity contribution in [3.8, 4) is 0 Å². The van der Waals surface area contributed by atoms with Crippen LogP contribution in [0.15, 0.2) is 22.7 Å². The molecule has 0 aliphatic carbocycles. The molecular weight excluding hydrogens is 299 g/mol. The number of rotatable bonds is 5. The Hall–Kier alpha value is -0.590. The van der Waals surface area contributed by atoms with Crippen molar-refractivity contribution in [3.63, 3.8) is 0 Å². The molecule has 1 aromatic rings. The molecule has 0 radical (unpaired) electrons. The van der Waals surface area contributed by atoms with Crippen molar-refractivity contribution in [2.45, 2.75) is 19.1 Å². The van der Waals surface area contributed by atoms with Crippen LogP contribution < -0.4 is 5.32 Å². The zero-order chi connectivity index (χ0) is 12.9. The summed E-state index contributed by atoms with van der Waals surface area (Å²) in [6, 6.07) is 4.15. The molecule has 0 aliphatic heterocycles. The molecular formula is C11H13BrF3NO. The van der Waals surface area contributed by atoms with Crippen molar-refractivity contribution >= 4 is 15.9 Å². The van der Waals surface area contributed by atoms with Crippen LogP contribution in [-0.4, -0.2) is 18.3 Å². The Morgan fingerprint density at radius 2 is 2.00 bits per heavy atom. The maximum Gasteiger partial charge on any atom is 0.417 e. The second-order valence-corrected chi connectivity index (χ2v) is 4.42. The minimum Gasteiger partial charge on any atom is -0.396 e. The second kappa shape index (κ2) is 6.37. The fourth-order valence-corrected chi connectivity index (χ4v) is 1.81. The third kappa shape index (κ3) is 4.65. The summed E-state index contributed by atoms with van der Waals surface area (Å²) in [7, 11) is 0. The van der Waals surface area contributed by atoms with E-state index in [1.54, 1.807) is 6.07 Å². The highest BCUT2D eigenvalue weighted by Gasteiger charge is 2.32. The highest BCUT2D eigenvalue weighted by molar-refractivity contribution is 9.10. The van der Waals surface area contributed by atoms with Crippen LogP contribution in [0.5, 0.6) is 0 Å². The first-order valence-electron chi connectivity index (χ1n) is 5.12. The van der Waals surface area contributed by atoms with E-state index >= 15 is 0 Å². The van der Waals surface area contributed by atoms with Crippen LogP contribution in [0.2, 0.25) is 0 Å². The van der Waals surface area contributed by atoms with Gasteiger partial charge in [-0.05, 0) is 30.7 Å². The van der Waals surface area contributed by atoms with Gasteiger partial charge in [-0.15, -0.1) is 0 Å². The van der Waals surface area contributed by atoms with Crippen molar-refractivity contribution in [2.24, 2.45) is 0 Å². The van der Waals surface area contributed by atoms with Gasteiger partial charge in [0, 0.05) is 17.6 Å². The first-order chi connectivity index (χ1) is 7.95. The monoisotopic (exact) mass is 311 g/mol. The van der Waals surface area contributed by atoms with E-state index in [1.807, 2.05) is 0 Å². The van der Waals surface area contributed by atoms with Gasteiger partial charge in [0.2, 0.25) is 0 Å². The van der Waals surface area contributed by atoms with Gasteiger partial charge in [0.15, 0.2) is 0 Å². The molecule has 0 amide bonds. The van der Waals surface area contributed by atoms with Gasteiger partial charge >= 0.3 is 6.18 Å². The Labute approximate surface area is 106 Å². The van der Waals surface area contributed by atoms with E-state index < -0.39 is 11.7 Å². The molecule has 0 heterocycles. The molecule has 6 heteroatoms. The average molecular weight is 312 g/mol. The summed E-state index contributed by atoms with van der Waals surface area (Å²) < 4.78 is 37.8. The fraction of sp³-hybridized carbons (Fsp3) is 0.455. The number of nitrogens with one attached hydrogen (secondary N) is 1. The number of aliphatic hydroxyl groups excluding tert-OH is 1. The van der Waals surface area contributed by atoms with Gasteiger partial charge in [0.05, 0.1) is 5.56 Å². The lowest BCUT2D eigenvalue weighted by Gasteiger charge is -2.11. The topological polar surface area (TPSA) is 32.3 Å². The summed E-state index contributed by atoms with van der Waals surface area (Å²) in [5, 5.41) is 11.5. The molecule has 2 nitrogen and oxygen atoms in total. The molecule has 0 saturated carbocycles. The first kappa shape index (κ1) is 14.5. The number of hydrogen-bond donors (Lipinski definition) is 2. The minimum absolute atomic E-state index is 0.0455. The Bertz CT molecular complexity index is 368. The zero-order valence-electron chi connectivity index (χ0n) is 9.02. The molecule has 0 saturated heterocycles. The molecule has 0 unspecified atom stereocenters. The molecule has 0 fully saturated rings. The molecule has 17 heavy (non-hydrogen) atoms. The van der Waals surface area contributed by atoms with Crippen molar-refractivity contribution in [1.82, 2.24) is 5.32 Å². The molecule has 0 bridgehead atoms. The summed E-state index contributed by atoms with van der Waals surface area (Å²) >= 11 is 2.89. The number of hydrogen-bond acceptors (Lipinski definition) is 2. The largest absolute Gasteiger partial charge is 0.417 e. The van der Waals surface area contributed by atoms with E-state index in [0.717, 1.165) is 6.07 Å². The van der Waals surface area contributed by atoms with Crippen LogP contribution in [0.3, 0.4) is 0 Å². The average Bonchev–Trinajstić information content (AvgIpc) is 2.25. The summed E-state index contributed by atoms with van der Waals surface area (Å²) in [6.07, 6.45) is -3.76. The maximum absolute atomic E-state index is 12.6. The second-order valence-electron chi connectivity index (χ2n) is 3.57. The number of aliphatic hydroxyl groups is 1. The Morgan fingerprint density at radius 3 is 2.59 bits per heavy atom. The minimum atomic E-state index is -4.35. The van der Waals surface area contributed by atoms with Crippen LogP contribution >= 0.6 is 15.9 Å². The van der Waals surface area contributed by atoms with Crippen molar-refractivity contribution in [3.05, 3.63) is 33.8 Å². The quantitative estimate of drug-likeness (QED) is 0.820. The van der Waals surface area contributed by atoms with Crippen molar-refractivity contribution in [1.29, 1.82) is 0 Å². The molecule has 0 aromatic heterocycles. The predicted molar refractivity (Wildman–Crippen MR) is 62.6 cm³/mol. The molecule has 1 aromatic carbocycles. The summed E-state index contributed by atoms with van der Waals surface area (Å²) in [6.45, 7) is 1.01. The SMILES string of the molecule is OCCCNCc1ccc(Br)c(C(F)(F)F)c1. The van der Waals surface area contributed by atoms with Crippen molar-refractivity contribution < 1.29 is 18.3 Å². The zero-order valence-corrected chi connectivity index (χ0v) is 10.6. The predicted octanol–water partition coefficient (Wildman–Crippen LogP) is 2.94. The summed E-state index contributed by atoms with van der Waals surface area (Å²) in [5.41, 5.74) is -0.0996. The van der Waals surface area contributed by atoms with Crippen LogP contribution in [0.25, 0.3) is 0 Å². The van der Waals surface area contributed by atoms with Crippen LogP contribution in [0.4, 0.5) is 13.2 Å². The van der Waals surface area contributed by atoms with Crippen molar-refractivity contribution in [2.75, 3.05) is 13.2 Å². The van der Waals surface area contributed by atoms with Gasteiger partial charge in [-0.1, -0.05) is 22.0 Å². The fourth-order valence-electron chi connectivity index (χ4n) is 1.34. The van der Waals surface area contributed by atoms with E-state index in [2.05, 4.69) is 21.2 Å². The first-order valence-corrected chi connectivity index (χ1v) is 5.91. The number of benzene rings is 1. The third-order valence-corrected chi connectivity index (χ3v) is 2.87. The van der Waals surface area contributed by atoms with E-state index in [1.165, 1.54) is 6.07 Å². The van der Waals surface area contributed by atoms with Crippen LogP contribution in [-0.2, 0) is 12.7 Å². The number of halogens is 4. The smallest absolute Gasteiger partial charge is 0.396 e.